The summed E-state index contributed by atoms with van der Waals surface area (Å²) in [5.41, 5.74) is 0.284. The summed E-state index contributed by atoms with van der Waals surface area (Å²) >= 11 is 11.7. The number of carbonyl (C=O) groups is 1. The lowest BCUT2D eigenvalue weighted by Crippen LogP contribution is -2.15. The quantitative estimate of drug-likeness (QED) is 0.884. The molecular formula is C14H12Cl2FN3O. The van der Waals surface area contributed by atoms with Gasteiger partial charge in [-0.25, -0.2) is 9.37 Å². The summed E-state index contributed by atoms with van der Waals surface area (Å²) in [7, 11) is 0. The van der Waals surface area contributed by atoms with Crippen LogP contribution in [-0.4, -0.2) is 17.4 Å². The van der Waals surface area contributed by atoms with Gasteiger partial charge in [0, 0.05) is 17.3 Å². The predicted molar refractivity (Wildman–Crippen MR) is 82.8 cm³/mol. The Morgan fingerprint density at radius 3 is 2.71 bits per heavy atom. The van der Waals surface area contributed by atoms with Gasteiger partial charge in [-0.15, -0.1) is 0 Å². The van der Waals surface area contributed by atoms with E-state index >= 15 is 0 Å². The summed E-state index contributed by atoms with van der Waals surface area (Å²) in [5, 5.41) is 5.88. The molecule has 0 aliphatic heterocycles. The fourth-order valence-corrected chi connectivity index (χ4v) is 2.11. The molecule has 4 nitrogen and oxygen atoms in total. The standard InChI is InChI=1S/C14H12Cl2FN3O/c1-2-18-12-4-3-11(16)13(20-12)14(21)19-10-6-8(15)5-9(17)7-10/h3-7H,2H2,1H3,(H,18,20)(H,19,21). The van der Waals surface area contributed by atoms with Crippen LogP contribution in [0.3, 0.4) is 0 Å². The number of nitrogens with zero attached hydrogens (tertiary/aromatic N) is 1. The summed E-state index contributed by atoms with van der Waals surface area (Å²) in [6.45, 7) is 2.57. The fraction of sp³-hybridized carbons (Fsp3) is 0.143. The SMILES string of the molecule is CCNc1ccc(Cl)c(C(=O)Nc2cc(F)cc(Cl)c2)n1. The highest BCUT2D eigenvalue weighted by atomic mass is 35.5. The highest BCUT2D eigenvalue weighted by Gasteiger charge is 2.14. The van der Waals surface area contributed by atoms with Crippen molar-refractivity contribution in [1.82, 2.24) is 4.98 Å². The van der Waals surface area contributed by atoms with Crippen molar-refractivity contribution in [2.75, 3.05) is 17.2 Å². The molecule has 2 rings (SSSR count). The minimum atomic E-state index is -0.543. The van der Waals surface area contributed by atoms with Crippen molar-refractivity contribution in [1.29, 1.82) is 0 Å². The molecule has 1 aromatic heterocycles. The van der Waals surface area contributed by atoms with Crippen molar-refractivity contribution in [2.24, 2.45) is 0 Å². The first-order valence-electron chi connectivity index (χ1n) is 6.17. The van der Waals surface area contributed by atoms with Gasteiger partial charge < -0.3 is 10.6 Å². The Balaban J connectivity index is 2.25. The molecule has 21 heavy (non-hydrogen) atoms. The predicted octanol–water partition coefficient (Wildman–Crippen LogP) is 4.21. The van der Waals surface area contributed by atoms with Crippen molar-refractivity contribution in [2.45, 2.75) is 6.92 Å². The molecule has 2 aromatic rings. The van der Waals surface area contributed by atoms with E-state index in [2.05, 4.69) is 15.6 Å². The van der Waals surface area contributed by atoms with E-state index in [4.69, 9.17) is 23.2 Å². The van der Waals surface area contributed by atoms with Crippen LogP contribution in [0.1, 0.15) is 17.4 Å². The number of anilines is 2. The average Bonchev–Trinajstić information content (AvgIpc) is 2.40. The summed E-state index contributed by atoms with van der Waals surface area (Å²) in [6, 6.07) is 6.98. The molecule has 0 radical (unpaired) electrons. The Labute approximate surface area is 131 Å². The van der Waals surface area contributed by atoms with Crippen molar-refractivity contribution in [3.8, 4) is 0 Å². The fourth-order valence-electron chi connectivity index (χ4n) is 1.70. The molecule has 1 aromatic carbocycles. The second-order valence-corrected chi connectivity index (χ2v) is 5.01. The molecule has 0 aliphatic rings. The maximum absolute atomic E-state index is 13.2. The molecule has 0 saturated heterocycles. The number of rotatable bonds is 4. The van der Waals surface area contributed by atoms with Gasteiger partial charge in [-0.1, -0.05) is 23.2 Å². The third-order valence-corrected chi connectivity index (χ3v) is 3.06. The van der Waals surface area contributed by atoms with Crippen LogP contribution in [0.2, 0.25) is 10.0 Å². The number of aromatic nitrogens is 1. The summed E-state index contributed by atoms with van der Waals surface area (Å²) in [6.07, 6.45) is 0. The van der Waals surface area contributed by atoms with E-state index in [9.17, 15) is 9.18 Å². The Morgan fingerprint density at radius 2 is 2.05 bits per heavy atom. The van der Waals surface area contributed by atoms with Gasteiger partial charge in [0.2, 0.25) is 0 Å². The lowest BCUT2D eigenvalue weighted by molar-refractivity contribution is 0.102. The first-order valence-corrected chi connectivity index (χ1v) is 6.93. The second kappa shape index (κ2) is 6.74. The molecule has 2 N–H and O–H groups in total. The zero-order valence-electron chi connectivity index (χ0n) is 11.1. The second-order valence-electron chi connectivity index (χ2n) is 4.17. The summed E-state index contributed by atoms with van der Waals surface area (Å²) in [5.74, 6) is -0.552. The minimum Gasteiger partial charge on any atom is -0.370 e. The number of pyridine rings is 1. The van der Waals surface area contributed by atoms with E-state index in [1.807, 2.05) is 6.92 Å². The van der Waals surface area contributed by atoms with Gasteiger partial charge in [0.05, 0.1) is 5.02 Å². The van der Waals surface area contributed by atoms with Crippen molar-refractivity contribution >= 4 is 40.6 Å². The molecule has 110 valence electrons. The molecule has 0 unspecified atom stereocenters. The van der Waals surface area contributed by atoms with E-state index in [1.54, 1.807) is 12.1 Å². The number of halogens is 3. The maximum atomic E-state index is 13.2. The number of hydrogen-bond donors (Lipinski definition) is 2. The number of nitrogens with one attached hydrogen (secondary N) is 2. The van der Waals surface area contributed by atoms with E-state index in [0.717, 1.165) is 12.1 Å². The number of carbonyl (C=O) groups excluding carboxylic acids is 1. The van der Waals surface area contributed by atoms with Gasteiger partial charge in [-0.2, -0.15) is 0 Å². The highest BCUT2D eigenvalue weighted by Crippen LogP contribution is 2.21. The van der Waals surface area contributed by atoms with Crippen LogP contribution in [0.5, 0.6) is 0 Å². The summed E-state index contributed by atoms with van der Waals surface area (Å²) in [4.78, 5) is 16.3. The molecule has 0 atom stereocenters. The van der Waals surface area contributed by atoms with Crippen LogP contribution >= 0.6 is 23.2 Å². The first-order chi connectivity index (χ1) is 9.99. The van der Waals surface area contributed by atoms with Gasteiger partial charge >= 0.3 is 0 Å². The molecule has 0 fully saturated rings. The van der Waals surface area contributed by atoms with Gasteiger partial charge in [-0.05, 0) is 37.3 Å². The van der Waals surface area contributed by atoms with Crippen molar-refractivity contribution < 1.29 is 9.18 Å². The molecule has 0 saturated carbocycles. The molecule has 1 amide bonds. The van der Waals surface area contributed by atoms with Gasteiger partial charge in [0.15, 0.2) is 0 Å². The molecule has 0 aliphatic carbocycles. The molecule has 1 heterocycles. The van der Waals surface area contributed by atoms with Crippen LogP contribution in [0.25, 0.3) is 0 Å². The zero-order valence-corrected chi connectivity index (χ0v) is 12.6. The minimum absolute atomic E-state index is 0.0514. The number of benzene rings is 1. The maximum Gasteiger partial charge on any atom is 0.275 e. The Hall–Kier alpha value is -1.85. The van der Waals surface area contributed by atoms with E-state index in [0.29, 0.717) is 12.4 Å². The Morgan fingerprint density at radius 1 is 1.29 bits per heavy atom. The van der Waals surface area contributed by atoms with Crippen LogP contribution in [0.4, 0.5) is 15.9 Å². The van der Waals surface area contributed by atoms with Crippen LogP contribution in [0, 0.1) is 5.82 Å². The topological polar surface area (TPSA) is 54.0 Å². The Bertz CT molecular complexity index is 659. The molecular weight excluding hydrogens is 316 g/mol. The average molecular weight is 328 g/mol. The van der Waals surface area contributed by atoms with E-state index in [-0.39, 0.29) is 21.4 Å². The zero-order chi connectivity index (χ0) is 15.4. The normalized spacial score (nSPS) is 10.3. The molecule has 0 bridgehead atoms. The van der Waals surface area contributed by atoms with Crippen molar-refractivity contribution in [3.05, 3.63) is 51.9 Å². The largest absolute Gasteiger partial charge is 0.370 e. The van der Waals surface area contributed by atoms with Crippen LogP contribution in [0.15, 0.2) is 30.3 Å². The molecule has 7 heteroatoms. The third-order valence-electron chi connectivity index (χ3n) is 2.54. The van der Waals surface area contributed by atoms with Gasteiger partial charge in [0.1, 0.15) is 17.3 Å². The van der Waals surface area contributed by atoms with Gasteiger partial charge in [0.25, 0.3) is 5.91 Å². The van der Waals surface area contributed by atoms with Crippen LogP contribution in [-0.2, 0) is 0 Å². The lowest BCUT2D eigenvalue weighted by atomic mass is 10.2. The first kappa shape index (κ1) is 15.5. The van der Waals surface area contributed by atoms with Gasteiger partial charge in [-0.3, -0.25) is 4.79 Å². The van der Waals surface area contributed by atoms with E-state index in [1.165, 1.54) is 6.07 Å². The number of amides is 1. The Kier molecular flexibility index (Phi) is 4.98. The van der Waals surface area contributed by atoms with Crippen molar-refractivity contribution in [3.63, 3.8) is 0 Å². The summed E-state index contributed by atoms with van der Waals surface area (Å²) < 4.78 is 13.2. The number of hydrogen-bond acceptors (Lipinski definition) is 3. The van der Waals surface area contributed by atoms with E-state index < -0.39 is 11.7 Å². The van der Waals surface area contributed by atoms with Crippen LogP contribution < -0.4 is 10.6 Å². The highest BCUT2D eigenvalue weighted by molar-refractivity contribution is 6.34. The lowest BCUT2D eigenvalue weighted by Gasteiger charge is -2.09. The third kappa shape index (κ3) is 4.06. The monoisotopic (exact) mass is 327 g/mol. The smallest absolute Gasteiger partial charge is 0.275 e. The molecule has 0 spiro atoms.